The predicted octanol–water partition coefficient (Wildman–Crippen LogP) is 5.15. The normalized spacial score (nSPS) is 24.4. The number of anilines is 1. The number of hydrogen-bond acceptors (Lipinski definition) is 3. The van der Waals surface area contributed by atoms with Crippen LogP contribution in [0.3, 0.4) is 0 Å². The second kappa shape index (κ2) is 6.35. The van der Waals surface area contributed by atoms with Crippen LogP contribution in [0, 0.1) is 5.92 Å². The number of amides is 1. The van der Waals surface area contributed by atoms with E-state index in [2.05, 4.69) is 41.7 Å². The van der Waals surface area contributed by atoms with E-state index in [0.717, 1.165) is 18.7 Å². The minimum Gasteiger partial charge on any atom is -0.444 e. The molecule has 2 aliphatic rings. The highest BCUT2D eigenvalue weighted by atomic mass is 16.6. The van der Waals surface area contributed by atoms with E-state index in [4.69, 9.17) is 4.74 Å². The van der Waals surface area contributed by atoms with Gasteiger partial charge in [0, 0.05) is 18.2 Å². The van der Waals surface area contributed by atoms with Gasteiger partial charge in [0.05, 0.1) is 12.1 Å². The summed E-state index contributed by atoms with van der Waals surface area (Å²) in [5.41, 5.74) is 3.08. The number of fused-ring (bicyclic) bond motifs is 3. The summed E-state index contributed by atoms with van der Waals surface area (Å²) in [6, 6.07) is 19.1. The van der Waals surface area contributed by atoms with Gasteiger partial charge in [-0.25, -0.2) is 4.79 Å². The van der Waals surface area contributed by atoms with Crippen molar-refractivity contribution in [3.05, 3.63) is 65.7 Å². The third-order valence-corrected chi connectivity index (χ3v) is 5.25. The smallest absolute Gasteiger partial charge is 0.410 e. The summed E-state index contributed by atoms with van der Waals surface area (Å²) in [5.74, 6) is 0.333. The number of carbonyl (C=O) groups excluding carboxylic acids is 1. The highest BCUT2D eigenvalue weighted by Gasteiger charge is 2.47. The Kier molecular flexibility index (Phi) is 4.14. The monoisotopic (exact) mass is 350 g/mol. The lowest BCUT2D eigenvalue weighted by molar-refractivity contribution is 0.0198. The summed E-state index contributed by atoms with van der Waals surface area (Å²) >= 11 is 0. The molecule has 0 spiro atoms. The van der Waals surface area contributed by atoms with Crippen LogP contribution in [0.2, 0.25) is 0 Å². The Bertz CT molecular complexity index is 797. The minimum atomic E-state index is -0.486. The van der Waals surface area contributed by atoms with Crippen molar-refractivity contribution < 1.29 is 9.53 Å². The number of likely N-dealkylation sites (tertiary alicyclic amines) is 1. The average molecular weight is 350 g/mol. The lowest BCUT2D eigenvalue weighted by Gasteiger charge is -2.40. The van der Waals surface area contributed by atoms with E-state index >= 15 is 0 Å². The first-order valence-electron chi connectivity index (χ1n) is 9.34. The van der Waals surface area contributed by atoms with Crippen LogP contribution in [0.1, 0.15) is 50.4 Å². The van der Waals surface area contributed by atoms with E-state index in [1.807, 2.05) is 43.9 Å². The molecule has 0 unspecified atom stereocenters. The van der Waals surface area contributed by atoms with E-state index < -0.39 is 5.60 Å². The first kappa shape index (κ1) is 17.0. The van der Waals surface area contributed by atoms with Gasteiger partial charge in [-0.3, -0.25) is 0 Å². The fourth-order valence-corrected chi connectivity index (χ4v) is 4.24. The van der Waals surface area contributed by atoms with Gasteiger partial charge >= 0.3 is 6.09 Å². The van der Waals surface area contributed by atoms with E-state index in [-0.39, 0.29) is 18.2 Å². The molecule has 0 saturated carbocycles. The molecule has 2 aromatic carbocycles. The molecule has 2 aromatic rings. The summed E-state index contributed by atoms with van der Waals surface area (Å²) in [4.78, 5) is 14.8. The van der Waals surface area contributed by atoms with Gasteiger partial charge in [-0.2, -0.15) is 0 Å². The van der Waals surface area contributed by atoms with E-state index in [0.29, 0.717) is 5.92 Å². The molecule has 1 saturated heterocycles. The second-order valence-corrected chi connectivity index (χ2v) is 8.19. The Hall–Kier alpha value is -2.49. The molecule has 4 rings (SSSR count). The summed E-state index contributed by atoms with van der Waals surface area (Å²) in [5, 5.41) is 3.71. The fraction of sp³-hybridized carbons (Fsp3) is 0.409. The van der Waals surface area contributed by atoms with Crippen LogP contribution in [0.4, 0.5) is 10.5 Å². The van der Waals surface area contributed by atoms with Crippen LogP contribution in [-0.2, 0) is 4.74 Å². The molecular formula is C22H26N2O2. The maximum atomic E-state index is 12.9. The molecule has 2 heterocycles. The second-order valence-electron chi connectivity index (χ2n) is 8.19. The summed E-state index contributed by atoms with van der Waals surface area (Å²) in [6.45, 7) is 6.48. The zero-order chi connectivity index (χ0) is 18.3. The Morgan fingerprint density at radius 3 is 2.50 bits per heavy atom. The average Bonchev–Trinajstić information content (AvgIpc) is 3.06. The molecule has 2 aliphatic heterocycles. The van der Waals surface area contributed by atoms with Gasteiger partial charge in [0.15, 0.2) is 0 Å². The number of hydrogen-bond donors (Lipinski definition) is 1. The van der Waals surface area contributed by atoms with Gasteiger partial charge in [-0.05, 0) is 44.4 Å². The van der Waals surface area contributed by atoms with Crippen LogP contribution in [0.5, 0.6) is 0 Å². The molecule has 1 N–H and O–H groups in total. The molecule has 1 fully saturated rings. The molecule has 1 amide bonds. The van der Waals surface area contributed by atoms with Crippen LogP contribution in [0.15, 0.2) is 54.6 Å². The topological polar surface area (TPSA) is 41.6 Å². The van der Waals surface area contributed by atoms with Crippen LogP contribution in [0.25, 0.3) is 0 Å². The quantitative estimate of drug-likeness (QED) is 0.773. The zero-order valence-electron chi connectivity index (χ0n) is 15.6. The Morgan fingerprint density at radius 1 is 1.08 bits per heavy atom. The maximum absolute atomic E-state index is 12.9. The zero-order valence-corrected chi connectivity index (χ0v) is 15.6. The summed E-state index contributed by atoms with van der Waals surface area (Å²) in [7, 11) is 0. The number of carbonyl (C=O) groups is 1. The highest BCUT2D eigenvalue weighted by Crippen LogP contribution is 2.51. The lowest BCUT2D eigenvalue weighted by Crippen LogP contribution is -2.40. The molecular weight excluding hydrogens is 324 g/mol. The largest absolute Gasteiger partial charge is 0.444 e. The molecule has 0 aromatic heterocycles. The molecule has 3 atom stereocenters. The molecule has 4 heteroatoms. The fourth-order valence-electron chi connectivity index (χ4n) is 4.24. The van der Waals surface area contributed by atoms with E-state index in [1.165, 1.54) is 11.1 Å². The molecule has 0 bridgehead atoms. The Labute approximate surface area is 155 Å². The van der Waals surface area contributed by atoms with E-state index in [1.54, 1.807) is 0 Å². The van der Waals surface area contributed by atoms with E-state index in [9.17, 15) is 4.79 Å². The molecule has 136 valence electrons. The predicted molar refractivity (Wildman–Crippen MR) is 103 cm³/mol. The van der Waals surface area contributed by atoms with Crippen LogP contribution < -0.4 is 5.32 Å². The molecule has 26 heavy (non-hydrogen) atoms. The van der Waals surface area contributed by atoms with Crippen molar-refractivity contribution >= 4 is 11.8 Å². The lowest BCUT2D eigenvalue weighted by atomic mass is 9.80. The van der Waals surface area contributed by atoms with Crippen molar-refractivity contribution in [2.24, 2.45) is 5.92 Å². The standard InChI is InChI=1S/C22H26N2O2/c1-22(2,3)26-21(25)24-14-13-17-19(15-9-5-4-6-10-15)23-18-12-8-7-11-16(18)20(17)24/h4-12,17,19-20,23H,13-14H2,1-3H3/t17-,19-,20+/m1/s1. The number of rotatable bonds is 1. The number of para-hydroxylation sites is 1. The van der Waals surface area contributed by atoms with Crippen molar-refractivity contribution in [2.45, 2.75) is 44.9 Å². The van der Waals surface area contributed by atoms with Crippen molar-refractivity contribution in [2.75, 3.05) is 11.9 Å². The number of benzene rings is 2. The van der Waals surface area contributed by atoms with Gasteiger partial charge in [-0.1, -0.05) is 48.5 Å². The van der Waals surface area contributed by atoms with Crippen molar-refractivity contribution in [1.29, 1.82) is 0 Å². The van der Waals surface area contributed by atoms with Gasteiger partial charge in [0.2, 0.25) is 0 Å². The first-order chi connectivity index (χ1) is 12.4. The molecule has 0 aliphatic carbocycles. The van der Waals surface area contributed by atoms with Gasteiger partial charge in [0.1, 0.15) is 5.60 Å². The summed E-state index contributed by atoms with van der Waals surface area (Å²) in [6.07, 6.45) is 0.749. The van der Waals surface area contributed by atoms with Crippen LogP contribution >= 0.6 is 0 Å². The third-order valence-electron chi connectivity index (χ3n) is 5.25. The Balaban J connectivity index is 1.72. The molecule has 0 radical (unpaired) electrons. The number of nitrogens with one attached hydrogen (secondary N) is 1. The Morgan fingerprint density at radius 2 is 1.77 bits per heavy atom. The van der Waals surface area contributed by atoms with Gasteiger partial charge in [-0.15, -0.1) is 0 Å². The highest BCUT2D eigenvalue weighted by molar-refractivity contribution is 5.71. The number of nitrogens with zero attached hydrogens (tertiary/aromatic N) is 1. The molecule has 4 nitrogen and oxygen atoms in total. The third kappa shape index (κ3) is 3.05. The SMILES string of the molecule is CC(C)(C)OC(=O)N1CC[C@@H]2[C@@H](c3ccccc3)Nc3ccccc3[C@@H]21. The number of ether oxygens (including phenoxy) is 1. The van der Waals surface area contributed by atoms with Gasteiger partial charge < -0.3 is 15.0 Å². The summed E-state index contributed by atoms with van der Waals surface area (Å²) < 4.78 is 5.69. The maximum Gasteiger partial charge on any atom is 0.410 e. The van der Waals surface area contributed by atoms with Gasteiger partial charge in [0.25, 0.3) is 0 Å². The van der Waals surface area contributed by atoms with Crippen molar-refractivity contribution in [3.63, 3.8) is 0 Å². The first-order valence-corrected chi connectivity index (χ1v) is 9.34. The van der Waals surface area contributed by atoms with Crippen molar-refractivity contribution in [1.82, 2.24) is 4.90 Å². The minimum absolute atomic E-state index is 0.0486. The van der Waals surface area contributed by atoms with Crippen molar-refractivity contribution in [3.8, 4) is 0 Å². The van der Waals surface area contributed by atoms with Crippen LogP contribution in [-0.4, -0.2) is 23.1 Å².